The third kappa shape index (κ3) is 4.48. The van der Waals surface area contributed by atoms with E-state index in [1.54, 1.807) is 18.2 Å². The van der Waals surface area contributed by atoms with Crippen molar-refractivity contribution in [3.63, 3.8) is 0 Å². The van der Waals surface area contributed by atoms with Crippen molar-refractivity contribution >= 4 is 11.5 Å². The van der Waals surface area contributed by atoms with Gasteiger partial charge < -0.3 is 15.6 Å². The molecule has 6 heteroatoms. The lowest BCUT2D eigenvalue weighted by Crippen LogP contribution is -2.36. The number of likely N-dealkylation sites (tertiary alicyclic amines) is 1. The predicted octanol–water partition coefficient (Wildman–Crippen LogP) is 3.91. The van der Waals surface area contributed by atoms with Crippen molar-refractivity contribution in [3.8, 4) is 0 Å². The fourth-order valence-corrected chi connectivity index (χ4v) is 4.21. The van der Waals surface area contributed by atoms with Crippen LogP contribution in [0.15, 0.2) is 48.7 Å². The van der Waals surface area contributed by atoms with Crippen molar-refractivity contribution in [3.05, 3.63) is 71.6 Å². The first-order valence-electron chi connectivity index (χ1n) is 10.3. The van der Waals surface area contributed by atoms with E-state index in [1.165, 1.54) is 11.6 Å². The van der Waals surface area contributed by atoms with Crippen molar-refractivity contribution in [2.45, 2.75) is 50.6 Å². The highest BCUT2D eigenvalue weighted by atomic mass is 19.1. The summed E-state index contributed by atoms with van der Waals surface area (Å²) >= 11 is 0. The van der Waals surface area contributed by atoms with Crippen LogP contribution in [0.1, 0.15) is 55.2 Å². The Morgan fingerprint density at radius 3 is 3.03 bits per heavy atom. The highest BCUT2D eigenvalue weighted by Gasteiger charge is 2.32. The number of carbonyl (C=O) groups excluding carboxylic acids is 1. The number of H-pyrrole nitrogens is 1. The highest BCUT2D eigenvalue weighted by Crippen LogP contribution is 2.32. The molecular weight excluding hydrogens is 367 g/mol. The van der Waals surface area contributed by atoms with Gasteiger partial charge in [-0.25, -0.2) is 9.37 Å². The van der Waals surface area contributed by atoms with Gasteiger partial charge >= 0.3 is 0 Å². The maximum atomic E-state index is 13.9. The van der Waals surface area contributed by atoms with E-state index in [0.29, 0.717) is 18.5 Å². The number of nitrogens with one attached hydrogen (secondary N) is 1. The summed E-state index contributed by atoms with van der Waals surface area (Å²) in [5.74, 6) is 0.572. The summed E-state index contributed by atoms with van der Waals surface area (Å²) in [6, 6.07) is 6.13. The van der Waals surface area contributed by atoms with Crippen molar-refractivity contribution < 1.29 is 9.18 Å². The summed E-state index contributed by atoms with van der Waals surface area (Å²) in [5.41, 5.74) is 9.00. The van der Waals surface area contributed by atoms with Gasteiger partial charge in [-0.15, -0.1) is 0 Å². The largest absolute Gasteiger partial charge is 0.341 e. The number of rotatable bonds is 6. The summed E-state index contributed by atoms with van der Waals surface area (Å²) in [7, 11) is 0. The lowest BCUT2D eigenvalue weighted by molar-refractivity contribution is -0.132. The van der Waals surface area contributed by atoms with Crippen LogP contribution in [0.25, 0.3) is 5.57 Å². The molecule has 1 fully saturated rings. The molecule has 1 aromatic heterocycles. The molecule has 1 saturated heterocycles. The van der Waals surface area contributed by atoms with E-state index in [2.05, 4.69) is 28.2 Å². The van der Waals surface area contributed by atoms with Gasteiger partial charge in [0, 0.05) is 19.0 Å². The highest BCUT2D eigenvalue weighted by molar-refractivity contribution is 5.77. The van der Waals surface area contributed by atoms with E-state index in [-0.39, 0.29) is 24.2 Å². The van der Waals surface area contributed by atoms with Gasteiger partial charge in [-0.05, 0) is 49.3 Å². The van der Waals surface area contributed by atoms with Crippen molar-refractivity contribution in [2.24, 2.45) is 5.73 Å². The van der Waals surface area contributed by atoms with Gasteiger partial charge in [-0.2, -0.15) is 0 Å². The maximum Gasteiger partial charge on any atom is 0.224 e. The zero-order valence-electron chi connectivity index (χ0n) is 16.5. The average molecular weight is 394 g/mol. The molecule has 1 aliphatic carbocycles. The van der Waals surface area contributed by atoms with E-state index in [1.807, 2.05) is 11.1 Å². The fraction of sp³-hybridized carbons (Fsp3) is 0.391. The average Bonchev–Trinajstić information content (AvgIpc) is 3.40. The van der Waals surface area contributed by atoms with Crippen LogP contribution in [0.4, 0.5) is 4.39 Å². The summed E-state index contributed by atoms with van der Waals surface area (Å²) in [6.07, 6.45) is 12.6. The van der Waals surface area contributed by atoms with Gasteiger partial charge in [0.25, 0.3) is 0 Å². The molecule has 0 spiro atoms. The number of nitrogens with two attached hydrogens (primary N) is 1. The van der Waals surface area contributed by atoms with Crippen molar-refractivity contribution in [1.29, 1.82) is 0 Å². The molecule has 4 rings (SSSR count). The van der Waals surface area contributed by atoms with E-state index < -0.39 is 6.04 Å². The number of nitrogens with zero attached hydrogens (tertiary/aromatic N) is 2. The molecule has 152 valence electrons. The molecule has 0 unspecified atom stereocenters. The smallest absolute Gasteiger partial charge is 0.224 e. The summed E-state index contributed by atoms with van der Waals surface area (Å²) in [5, 5.41) is 0. The lowest BCUT2D eigenvalue weighted by atomic mass is 10.0. The van der Waals surface area contributed by atoms with Crippen LogP contribution in [-0.2, 0) is 11.2 Å². The molecule has 0 saturated carbocycles. The van der Waals surface area contributed by atoms with Crippen LogP contribution in [-0.4, -0.2) is 33.4 Å². The van der Waals surface area contributed by atoms with Crippen LogP contribution >= 0.6 is 0 Å². The standard InChI is InChI=1S/C23H27FN4O/c24-19-10-5-4-9-17(19)13-18(25)14-22(29)28-12-6-11-21(28)23-26-15-20(27-23)16-7-2-1-3-8-16/h1-2,4-5,7,9-10,15,18,21H,3,6,8,11-14,25H2,(H,26,27)/t18-,21+/m1/s1. The molecule has 0 radical (unpaired) electrons. The molecule has 2 aromatic rings. The molecule has 2 aliphatic rings. The van der Waals surface area contributed by atoms with Crippen LogP contribution in [0, 0.1) is 5.82 Å². The summed E-state index contributed by atoms with van der Waals surface area (Å²) in [4.78, 5) is 22.8. The molecule has 2 heterocycles. The van der Waals surface area contributed by atoms with Crippen LogP contribution < -0.4 is 5.73 Å². The minimum atomic E-state index is -0.410. The Kier molecular flexibility index (Phi) is 5.90. The van der Waals surface area contributed by atoms with Crippen LogP contribution in [0.3, 0.4) is 0 Å². The number of aromatic amines is 1. The number of hydrogen-bond acceptors (Lipinski definition) is 3. The van der Waals surface area contributed by atoms with Crippen molar-refractivity contribution in [1.82, 2.24) is 14.9 Å². The number of benzene rings is 1. The minimum Gasteiger partial charge on any atom is -0.341 e. The molecular formula is C23H27FN4O. The van der Waals surface area contributed by atoms with E-state index in [4.69, 9.17) is 5.73 Å². The third-order valence-electron chi connectivity index (χ3n) is 5.72. The SMILES string of the molecule is N[C@@H](CC(=O)N1CCC[C@H]1c1ncc(C2=CC=CCC2)[nH]1)Cc1ccccc1F. The zero-order chi connectivity index (χ0) is 20.2. The second-order valence-corrected chi connectivity index (χ2v) is 7.85. The zero-order valence-corrected chi connectivity index (χ0v) is 16.5. The monoisotopic (exact) mass is 394 g/mol. The number of imidazole rings is 1. The Balaban J connectivity index is 1.41. The second-order valence-electron chi connectivity index (χ2n) is 7.85. The molecule has 1 aromatic carbocycles. The number of aromatic nitrogens is 2. The molecule has 1 aliphatic heterocycles. The number of hydrogen-bond donors (Lipinski definition) is 2. The van der Waals surface area contributed by atoms with Crippen molar-refractivity contribution in [2.75, 3.05) is 6.54 Å². The molecule has 5 nitrogen and oxygen atoms in total. The molecule has 1 amide bonds. The van der Waals surface area contributed by atoms with Crippen LogP contribution in [0.2, 0.25) is 0 Å². The molecule has 3 N–H and O–H groups in total. The number of halogens is 1. The molecule has 2 atom stereocenters. The number of amides is 1. The topological polar surface area (TPSA) is 75.0 Å². The number of allylic oxidation sites excluding steroid dienone is 4. The van der Waals surface area contributed by atoms with E-state index >= 15 is 0 Å². The number of carbonyl (C=O) groups is 1. The Morgan fingerprint density at radius 2 is 2.24 bits per heavy atom. The first kappa shape index (κ1) is 19.6. The molecule has 0 bridgehead atoms. The van der Waals surface area contributed by atoms with Gasteiger partial charge in [-0.3, -0.25) is 4.79 Å². The van der Waals surface area contributed by atoms with Gasteiger partial charge in [0.1, 0.15) is 11.6 Å². The minimum absolute atomic E-state index is 0.00843. The normalized spacial score (nSPS) is 20.0. The fourth-order valence-electron chi connectivity index (χ4n) is 4.21. The predicted molar refractivity (Wildman–Crippen MR) is 111 cm³/mol. The van der Waals surface area contributed by atoms with Gasteiger partial charge in [0.05, 0.1) is 17.9 Å². The first-order chi connectivity index (χ1) is 14.1. The first-order valence-corrected chi connectivity index (χ1v) is 10.3. The summed E-state index contributed by atoms with van der Waals surface area (Å²) in [6.45, 7) is 0.706. The third-order valence-corrected chi connectivity index (χ3v) is 5.72. The van der Waals surface area contributed by atoms with Crippen LogP contribution in [0.5, 0.6) is 0 Å². The van der Waals surface area contributed by atoms with Gasteiger partial charge in [0.15, 0.2) is 0 Å². The second kappa shape index (κ2) is 8.74. The Labute approximate surface area is 170 Å². The van der Waals surface area contributed by atoms with E-state index in [0.717, 1.165) is 37.2 Å². The maximum absolute atomic E-state index is 13.9. The Hall–Kier alpha value is -2.73. The quantitative estimate of drug-likeness (QED) is 0.780. The Morgan fingerprint density at radius 1 is 1.38 bits per heavy atom. The van der Waals surface area contributed by atoms with E-state index in [9.17, 15) is 9.18 Å². The lowest BCUT2D eigenvalue weighted by Gasteiger charge is -2.25. The van der Waals surface area contributed by atoms with Gasteiger partial charge in [-0.1, -0.05) is 36.4 Å². The van der Waals surface area contributed by atoms with Gasteiger partial charge in [0.2, 0.25) is 5.91 Å². The summed E-state index contributed by atoms with van der Waals surface area (Å²) < 4.78 is 13.9. The molecule has 29 heavy (non-hydrogen) atoms. The Bertz CT molecular complexity index is 932.